The lowest BCUT2D eigenvalue weighted by atomic mass is 10.0. The van der Waals surface area contributed by atoms with Crippen molar-refractivity contribution in [2.45, 2.75) is 64.6 Å². The van der Waals surface area contributed by atoms with Crippen LogP contribution >= 0.6 is 0 Å². The van der Waals surface area contributed by atoms with Gasteiger partial charge in [0.25, 0.3) is 0 Å². The van der Waals surface area contributed by atoms with Gasteiger partial charge in [-0.3, -0.25) is 0 Å². The first-order valence-electron chi connectivity index (χ1n) is 6.00. The molecule has 1 N–H and O–H groups in total. The van der Waals surface area contributed by atoms with E-state index in [1.165, 1.54) is 12.8 Å². The summed E-state index contributed by atoms with van der Waals surface area (Å²) in [5, 5.41) is 9.79. The molecule has 84 valence electrons. The number of rotatable bonds is 6. The highest BCUT2D eigenvalue weighted by Gasteiger charge is 2.23. The zero-order valence-corrected chi connectivity index (χ0v) is 9.54. The second-order valence-electron chi connectivity index (χ2n) is 4.80. The van der Waals surface area contributed by atoms with Crippen LogP contribution in [0.3, 0.4) is 0 Å². The number of hydrogen-bond donors (Lipinski definition) is 1. The molecule has 2 heteroatoms. The van der Waals surface area contributed by atoms with Crippen molar-refractivity contribution in [2.24, 2.45) is 5.92 Å². The molecule has 1 heterocycles. The topological polar surface area (TPSA) is 29.5 Å². The van der Waals surface area contributed by atoms with Gasteiger partial charge in [0, 0.05) is 6.61 Å². The van der Waals surface area contributed by atoms with Gasteiger partial charge >= 0.3 is 0 Å². The molecule has 0 aromatic heterocycles. The van der Waals surface area contributed by atoms with Gasteiger partial charge in [0.15, 0.2) is 0 Å². The van der Waals surface area contributed by atoms with E-state index in [0.29, 0.717) is 0 Å². The van der Waals surface area contributed by atoms with Gasteiger partial charge in [-0.15, -0.1) is 0 Å². The second-order valence-corrected chi connectivity index (χ2v) is 4.80. The molecule has 14 heavy (non-hydrogen) atoms. The van der Waals surface area contributed by atoms with E-state index in [9.17, 15) is 5.11 Å². The summed E-state index contributed by atoms with van der Waals surface area (Å²) in [5.74, 6) is 0.787. The summed E-state index contributed by atoms with van der Waals surface area (Å²) in [6.07, 6.45) is 6.65. The molecular weight excluding hydrogens is 176 g/mol. The fraction of sp³-hybridized carbons (Fsp3) is 1.00. The van der Waals surface area contributed by atoms with Crippen LogP contribution in [0.4, 0.5) is 0 Å². The molecule has 0 spiro atoms. The van der Waals surface area contributed by atoms with Crippen LogP contribution in [0.2, 0.25) is 0 Å². The van der Waals surface area contributed by atoms with E-state index in [1.807, 2.05) is 0 Å². The van der Waals surface area contributed by atoms with Crippen molar-refractivity contribution in [2.75, 3.05) is 6.61 Å². The van der Waals surface area contributed by atoms with E-state index in [0.717, 1.165) is 38.2 Å². The average Bonchev–Trinajstić information content (AvgIpc) is 2.64. The molecule has 0 aromatic rings. The zero-order chi connectivity index (χ0) is 10.4. The molecule has 0 saturated carbocycles. The largest absolute Gasteiger partial charge is 0.390 e. The SMILES string of the molecule is CC(C)CCCCC(O)C1CCCO1. The summed E-state index contributed by atoms with van der Waals surface area (Å²) in [4.78, 5) is 0. The van der Waals surface area contributed by atoms with Gasteiger partial charge in [0.05, 0.1) is 12.2 Å². The zero-order valence-electron chi connectivity index (χ0n) is 9.54. The summed E-state index contributed by atoms with van der Waals surface area (Å²) < 4.78 is 5.44. The second kappa shape index (κ2) is 6.41. The Hall–Kier alpha value is -0.0800. The molecule has 1 saturated heterocycles. The third-order valence-electron chi connectivity index (χ3n) is 2.93. The molecule has 2 nitrogen and oxygen atoms in total. The Labute approximate surface area is 87.7 Å². The van der Waals surface area contributed by atoms with Gasteiger partial charge in [-0.2, -0.15) is 0 Å². The summed E-state index contributed by atoms with van der Waals surface area (Å²) in [5.41, 5.74) is 0. The van der Waals surface area contributed by atoms with Crippen LogP contribution in [-0.4, -0.2) is 23.9 Å². The molecule has 0 amide bonds. The third kappa shape index (κ3) is 4.43. The van der Waals surface area contributed by atoms with Crippen molar-refractivity contribution >= 4 is 0 Å². The predicted molar refractivity (Wildman–Crippen MR) is 58.3 cm³/mol. The number of hydrogen-bond acceptors (Lipinski definition) is 2. The molecule has 1 aliphatic rings. The lowest BCUT2D eigenvalue weighted by Gasteiger charge is -2.17. The normalized spacial score (nSPS) is 24.4. The predicted octanol–water partition coefficient (Wildman–Crippen LogP) is 2.74. The molecule has 0 aromatic carbocycles. The highest BCUT2D eigenvalue weighted by Crippen LogP contribution is 2.19. The Morgan fingerprint density at radius 1 is 1.29 bits per heavy atom. The lowest BCUT2D eigenvalue weighted by molar-refractivity contribution is -0.00643. The molecule has 1 aliphatic heterocycles. The van der Waals surface area contributed by atoms with Gasteiger partial charge in [0.2, 0.25) is 0 Å². The van der Waals surface area contributed by atoms with Gasteiger partial charge in [-0.25, -0.2) is 0 Å². The minimum Gasteiger partial charge on any atom is -0.390 e. The van der Waals surface area contributed by atoms with E-state index in [1.54, 1.807) is 0 Å². The van der Waals surface area contributed by atoms with Crippen molar-refractivity contribution in [3.05, 3.63) is 0 Å². The summed E-state index contributed by atoms with van der Waals surface area (Å²) in [6.45, 7) is 5.33. The average molecular weight is 200 g/mol. The fourth-order valence-electron chi connectivity index (χ4n) is 2.00. The lowest BCUT2D eigenvalue weighted by Crippen LogP contribution is -2.24. The maximum Gasteiger partial charge on any atom is 0.0834 e. The molecule has 0 aliphatic carbocycles. The minimum absolute atomic E-state index is 0.133. The Bertz CT molecular complexity index is 139. The Morgan fingerprint density at radius 2 is 2.00 bits per heavy atom. The molecule has 0 radical (unpaired) electrons. The van der Waals surface area contributed by atoms with Gasteiger partial charge < -0.3 is 9.84 Å². The van der Waals surface area contributed by atoms with Crippen molar-refractivity contribution in [3.63, 3.8) is 0 Å². The maximum atomic E-state index is 9.79. The fourth-order valence-corrected chi connectivity index (χ4v) is 2.00. The first-order chi connectivity index (χ1) is 6.70. The first-order valence-corrected chi connectivity index (χ1v) is 6.00. The van der Waals surface area contributed by atoms with Crippen molar-refractivity contribution in [1.82, 2.24) is 0 Å². The van der Waals surface area contributed by atoms with Crippen LogP contribution in [-0.2, 0) is 4.74 Å². The summed E-state index contributed by atoms with van der Waals surface area (Å²) >= 11 is 0. The van der Waals surface area contributed by atoms with Gasteiger partial charge in [-0.1, -0.05) is 33.1 Å². The maximum absolute atomic E-state index is 9.79. The third-order valence-corrected chi connectivity index (χ3v) is 2.93. The van der Waals surface area contributed by atoms with Crippen LogP contribution in [0.5, 0.6) is 0 Å². The minimum atomic E-state index is -0.218. The van der Waals surface area contributed by atoms with Crippen LogP contribution in [0.25, 0.3) is 0 Å². The quantitative estimate of drug-likeness (QED) is 0.668. The van der Waals surface area contributed by atoms with E-state index in [4.69, 9.17) is 4.74 Å². The molecule has 1 rings (SSSR count). The van der Waals surface area contributed by atoms with Crippen LogP contribution in [0.15, 0.2) is 0 Å². The first kappa shape index (κ1) is 12.0. The summed E-state index contributed by atoms with van der Waals surface area (Å²) in [7, 11) is 0. The Kier molecular flexibility index (Phi) is 5.49. The Morgan fingerprint density at radius 3 is 2.57 bits per heavy atom. The van der Waals surface area contributed by atoms with Crippen molar-refractivity contribution in [3.8, 4) is 0 Å². The standard InChI is InChI=1S/C12H24O2/c1-10(2)6-3-4-7-11(13)12-8-5-9-14-12/h10-13H,3-9H2,1-2H3. The van der Waals surface area contributed by atoms with Gasteiger partial charge in [-0.05, 0) is 25.2 Å². The molecular formula is C12H24O2. The van der Waals surface area contributed by atoms with E-state index < -0.39 is 0 Å². The molecule has 2 atom stereocenters. The van der Waals surface area contributed by atoms with Crippen LogP contribution < -0.4 is 0 Å². The highest BCUT2D eigenvalue weighted by molar-refractivity contribution is 4.73. The van der Waals surface area contributed by atoms with E-state index in [-0.39, 0.29) is 12.2 Å². The van der Waals surface area contributed by atoms with E-state index >= 15 is 0 Å². The summed E-state index contributed by atoms with van der Waals surface area (Å²) in [6, 6.07) is 0. The van der Waals surface area contributed by atoms with Gasteiger partial charge in [0.1, 0.15) is 0 Å². The van der Waals surface area contributed by atoms with Crippen molar-refractivity contribution in [1.29, 1.82) is 0 Å². The van der Waals surface area contributed by atoms with Crippen molar-refractivity contribution < 1.29 is 9.84 Å². The smallest absolute Gasteiger partial charge is 0.0834 e. The Balaban J connectivity index is 1.99. The number of unbranched alkanes of at least 4 members (excludes halogenated alkanes) is 1. The number of ether oxygens (including phenoxy) is 1. The molecule has 0 bridgehead atoms. The highest BCUT2D eigenvalue weighted by atomic mass is 16.5. The van der Waals surface area contributed by atoms with Crippen LogP contribution in [0.1, 0.15) is 52.4 Å². The number of aliphatic hydroxyl groups excluding tert-OH is 1. The van der Waals surface area contributed by atoms with E-state index in [2.05, 4.69) is 13.8 Å². The molecule has 2 unspecified atom stereocenters. The van der Waals surface area contributed by atoms with Crippen LogP contribution in [0, 0.1) is 5.92 Å². The monoisotopic (exact) mass is 200 g/mol. The molecule has 1 fully saturated rings. The number of aliphatic hydroxyl groups is 1.